The van der Waals surface area contributed by atoms with Crippen LogP contribution in [0.4, 0.5) is 0 Å². The van der Waals surface area contributed by atoms with Crippen molar-refractivity contribution in [2.45, 2.75) is 90.4 Å². The molecule has 0 aromatic carbocycles. The number of aliphatic hydroxyl groups is 2. The van der Waals surface area contributed by atoms with Gasteiger partial charge in [-0.25, -0.2) is 0 Å². The second-order valence-corrected chi connectivity index (χ2v) is 30.6. The first-order valence-corrected chi connectivity index (χ1v) is 28.0. The quantitative estimate of drug-likeness (QED) is 0.141. The van der Waals surface area contributed by atoms with E-state index in [1.165, 1.54) is 0 Å². The highest BCUT2D eigenvalue weighted by molar-refractivity contribution is 6.90. The Labute approximate surface area is 222 Å². The van der Waals surface area contributed by atoms with E-state index in [9.17, 15) is 0 Å². The third-order valence-electron chi connectivity index (χ3n) is 4.80. The fourth-order valence-corrected chi connectivity index (χ4v) is 28.9. The topological polar surface area (TPSA) is 105 Å². The van der Waals surface area contributed by atoms with Crippen molar-refractivity contribution in [3.8, 4) is 0 Å². The molecule has 0 rings (SSSR count). The zero-order chi connectivity index (χ0) is 27.2. The number of hydrogen-bond donors (Lipinski definition) is 2. The second-order valence-electron chi connectivity index (χ2n) is 10.8. The van der Waals surface area contributed by atoms with Gasteiger partial charge in [-0.15, -0.1) is 0 Å². The van der Waals surface area contributed by atoms with E-state index in [2.05, 4.69) is 52.4 Å². The molecule has 0 aliphatic heterocycles. The van der Waals surface area contributed by atoms with Crippen LogP contribution in [0.2, 0.25) is 77.6 Å². The lowest BCUT2D eigenvalue weighted by Gasteiger charge is -2.42. The maximum atomic E-state index is 8.85. The van der Waals surface area contributed by atoms with E-state index in [0.29, 0.717) is 26.4 Å². The van der Waals surface area contributed by atoms with E-state index in [1.807, 2.05) is 13.1 Å². The van der Waals surface area contributed by atoms with Gasteiger partial charge >= 0.3 is 25.9 Å². The molecule has 0 fully saturated rings. The van der Waals surface area contributed by atoms with E-state index in [0.717, 1.165) is 24.9 Å². The van der Waals surface area contributed by atoms with Gasteiger partial charge < -0.3 is 40.3 Å². The van der Waals surface area contributed by atoms with E-state index in [-0.39, 0.29) is 23.0 Å². The zero-order valence-corrected chi connectivity index (χ0v) is 29.8. The minimum Gasteiger partial charge on any atom is -0.436 e. The maximum Gasteiger partial charge on any atom is 0.469 e. The molecule has 15 heteroatoms. The molecule has 0 aromatic heterocycles. The Morgan fingerprint density at radius 2 is 0.943 bits per heavy atom. The summed E-state index contributed by atoms with van der Waals surface area (Å²) in [6.07, 6.45) is 1.81. The van der Waals surface area contributed by atoms with Crippen LogP contribution >= 0.6 is 0 Å². The average Bonchev–Trinajstić information content (AvgIpc) is 2.64. The lowest BCUT2D eigenvalue weighted by molar-refractivity contribution is 0.0923. The number of aliphatic hydroxyl groups excluding tert-OH is 2. The van der Waals surface area contributed by atoms with Crippen molar-refractivity contribution in [1.82, 2.24) is 0 Å². The third-order valence-corrected chi connectivity index (χ3v) is 25.5. The Hall–Kier alpha value is 0.941. The Balaban J connectivity index is 5.07. The molecule has 0 atom stereocenters. The first-order chi connectivity index (χ1) is 16.0. The summed E-state index contributed by atoms with van der Waals surface area (Å²) in [5.41, 5.74) is 0. The second kappa shape index (κ2) is 16.8. The van der Waals surface area contributed by atoms with Crippen molar-refractivity contribution >= 4 is 52.3 Å². The van der Waals surface area contributed by atoms with Crippen LogP contribution in [-0.4, -0.2) is 102 Å². The normalized spacial score (nSPS) is 14.1. The van der Waals surface area contributed by atoms with Gasteiger partial charge in [-0.2, -0.15) is 0 Å². The zero-order valence-electron chi connectivity index (χ0n) is 23.8. The Morgan fingerprint density at radius 3 is 1.26 bits per heavy atom. The first-order valence-electron chi connectivity index (χ1n) is 12.5. The highest BCUT2D eigenvalue weighted by atomic mass is 28.5. The standard InChI is InChI=1S/C20H52O9Si6/c1-30-25-35(10,28-33(6,7)26-31(2,3)19-11-15-23-17-13-21)29-34(8,9)27-32(4,5)20-12-16-24-18-14-22/h21-22H,11-20H2,1-10H3. The Bertz CT molecular complexity index is 525. The molecule has 0 aromatic rings. The van der Waals surface area contributed by atoms with Gasteiger partial charge in [0.25, 0.3) is 0 Å². The molecule has 0 aliphatic rings. The van der Waals surface area contributed by atoms with Crippen molar-refractivity contribution in [1.29, 1.82) is 0 Å². The van der Waals surface area contributed by atoms with E-state index >= 15 is 0 Å². The summed E-state index contributed by atoms with van der Waals surface area (Å²) in [6.45, 7) is 23.2. The van der Waals surface area contributed by atoms with Gasteiger partial charge in [-0.3, -0.25) is 0 Å². The molecule has 0 unspecified atom stereocenters. The van der Waals surface area contributed by atoms with Gasteiger partial charge in [-0.05, 0) is 83.9 Å². The molecular weight excluding hydrogens is 553 g/mol. The first kappa shape index (κ1) is 35.9. The summed E-state index contributed by atoms with van der Waals surface area (Å²) < 4.78 is 43.5. The van der Waals surface area contributed by atoms with Crippen molar-refractivity contribution in [2.75, 3.05) is 39.6 Å². The molecule has 35 heavy (non-hydrogen) atoms. The minimum absolute atomic E-state index is 0.0501. The van der Waals surface area contributed by atoms with E-state index in [4.69, 9.17) is 40.3 Å². The van der Waals surface area contributed by atoms with Gasteiger partial charge in [0, 0.05) is 19.8 Å². The van der Waals surface area contributed by atoms with Crippen LogP contribution < -0.4 is 0 Å². The van der Waals surface area contributed by atoms with Gasteiger partial charge in [0.2, 0.25) is 9.76 Å². The molecular formula is C20H52O9Si6. The highest BCUT2D eigenvalue weighted by Gasteiger charge is 2.49. The van der Waals surface area contributed by atoms with E-state index < -0.39 is 42.6 Å². The largest absolute Gasteiger partial charge is 0.469 e. The van der Waals surface area contributed by atoms with Crippen molar-refractivity contribution < 1.29 is 40.3 Å². The van der Waals surface area contributed by atoms with Crippen molar-refractivity contribution in [3.05, 3.63) is 0 Å². The van der Waals surface area contributed by atoms with Crippen molar-refractivity contribution in [2.24, 2.45) is 0 Å². The molecule has 0 aliphatic carbocycles. The highest BCUT2D eigenvalue weighted by Crippen LogP contribution is 2.29. The number of ether oxygens (including phenoxy) is 2. The van der Waals surface area contributed by atoms with Gasteiger partial charge in [0.05, 0.1) is 26.4 Å². The maximum absolute atomic E-state index is 8.85. The summed E-state index contributed by atoms with van der Waals surface area (Å²) in [7, 11) is -11.8. The molecule has 9 nitrogen and oxygen atoms in total. The molecule has 2 N–H and O–H groups in total. The predicted molar refractivity (Wildman–Crippen MR) is 153 cm³/mol. The summed E-state index contributed by atoms with van der Waals surface area (Å²) >= 11 is 0. The molecule has 0 saturated carbocycles. The Kier molecular flexibility index (Phi) is 17.3. The van der Waals surface area contributed by atoms with Crippen LogP contribution in [0.3, 0.4) is 0 Å². The molecule has 2 radical (unpaired) electrons. The molecule has 0 heterocycles. The number of hydrogen-bond acceptors (Lipinski definition) is 9. The van der Waals surface area contributed by atoms with Crippen LogP contribution in [0.5, 0.6) is 0 Å². The average molecular weight is 605 g/mol. The fraction of sp³-hybridized carbons (Fsp3) is 1.00. The van der Waals surface area contributed by atoms with Crippen LogP contribution in [0.25, 0.3) is 0 Å². The predicted octanol–water partition coefficient (Wildman–Crippen LogP) is 3.92. The van der Waals surface area contributed by atoms with E-state index in [1.54, 1.807) is 0 Å². The monoisotopic (exact) mass is 604 g/mol. The smallest absolute Gasteiger partial charge is 0.436 e. The number of rotatable bonds is 22. The molecule has 0 bridgehead atoms. The minimum atomic E-state index is -2.99. The van der Waals surface area contributed by atoms with Crippen LogP contribution in [-0.2, 0) is 30.0 Å². The SMILES string of the molecule is C[Si]O[Si](C)(O[Si](C)(C)O[Si](C)(C)CCCOCCO)O[Si](C)(C)O[Si](C)(C)CCCOCCO. The summed E-state index contributed by atoms with van der Waals surface area (Å²) in [4.78, 5) is 0. The summed E-state index contributed by atoms with van der Waals surface area (Å²) in [6, 6.07) is 1.91. The molecule has 0 saturated heterocycles. The molecule has 210 valence electrons. The lowest BCUT2D eigenvalue weighted by atomic mass is 10.5. The van der Waals surface area contributed by atoms with Crippen LogP contribution in [0, 0.1) is 0 Å². The van der Waals surface area contributed by atoms with Gasteiger partial charge in [0.15, 0.2) is 16.6 Å². The van der Waals surface area contributed by atoms with Crippen LogP contribution in [0.1, 0.15) is 12.8 Å². The van der Waals surface area contributed by atoms with Gasteiger partial charge in [0.1, 0.15) is 0 Å². The lowest BCUT2D eigenvalue weighted by Crippen LogP contribution is -2.61. The summed E-state index contributed by atoms with van der Waals surface area (Å²) in [5, 5.41) is 17.7. The third kappa shape index (κ3) is 18.8. The molecule has 0 spiro atoms. The Morgan fingerprint density at radius 1 is 0.571 bits per heavy atom. The van der Waals surface area contributed by atoms with Crippen LogP contribution in [0.15, 0.2) is 0 Å². The summed E-state index contributed by atoms with van der Waals surface area (Å²) in [5.74, 6) is 0. The van der Waals surface area contributed by atoms with Crippen molar-refractivity contribution in [3.63, 3.8) is 0 Å². The van der Waals surface area contributed by atoms with Gasteiger partial charge in [-0.1, -0.05) is 0 Å². The fourth-order valence-electron chi connectivity index (χ4n) is 4.15. The molecule has 0 amide bonds.